The molecule has 1 aromatic rings. The first-order chi connectivity index (χ1) is 13.4. The van der Waals surface area contributed by atoms with Crippen molar-refractivity contribution in [2.24, 2.45) is 10.9 Å². The maximum atomic E-state index is 4.42. The lowest BCUT2D eigenvalue weighted by Gasteiger charge is -2.21. The molecule has 0 atom stereocenters. The predicted octanol–water partition coefficient (Wildman–Crippen LogP) is 4.08. The predicted molar refractivity (Wildman–Crippen MR) is 126 cm³/mol. The van der Waals surface area contributed by atoms with Crippen LogP contribution in [0.3, 0.4) is 0 Å². The van der Waals surface area contributed by atoms with Crippen molar-refractivity contribution in [2.45, 2.75) is 90.0 Å². The van der Waals surface area contributed by atoms with Crippen LogP contribution in [-0.2, 0) is 19.4 Å². The van der Waals surface area contributed by atoms with Crippen LogP contribution in [0.4, 0.5) is 0 Å². The van der Waals surface area contributed by atoms with Gasteiger partial charge in [0.15, 0.2) is 5.96 Å². The van der Waals surface area contributed by atoms with Crippen LogP contribution in [0.15, 0.2) is 4.99 Å². The number of aromatic nitrogens is 3. The number of fused-ring (bicyclic) bond motifs is 1. The molecule has 2 heterocycles. The molecule has 3 rings (SSSR count). The molecule has 6 nitrogen and oxygen atoms in total. The molecular formula is C21H39IN6. The van der Waals surface area contributed by atoms with Crippen molar-refractivity contribution in [1.29, 1.82) is 0 Å². The van der Waals surface area contributed by atoms with Gasteiger partial charge in [0.2, 0.25) is 0 Å². The van der Waals surface area contributed by atoms with Gasteiger partial charge in [-0.2, -0.15) is 0 Å². The zero-order chi connectivity index (χ0) is 18.7. The Labute approximate surface area is 187 Å². The van der Waals surface area contributed by atoms with Crippen molar-refractivity contribution >= 4 is 29.9 Å². The van der Waals surface area contributed by atoms with Gasteiger partial charge in [-0.15, -0.1) is 34.2 Å². The van der Waals surface area contributed by atoms with Gasteiger partial charge < -0.3 is 15.2 Å². The van der Waals surface area contributed by atoms with E-state index in [1.165, 1.54) is 70.0 Å². The van der Waals surface area contributed by atoms with E-state index in [1.807, 2.05) is 7.05 Å². The summed E-state index contributed by atoms with van der Waals surface area (Å²) in [5.74, 6) is 4.24. The van der Waals surface area contributed by atoms with Crippen molar-refractivity contribution < 1.29 is 0 Å². The maximum Gasteiger partial charge on any atom is 0.190 e. The summed E-state index contributed by atoms with van der Waals surface area (Å²) < 4.78 is 2.35. The Kier molecular flexibility index (Phi) is 11.2. The minimum Gasteiger partial charge on any atom is -0.356 e. The van der Waals surface area contributed by atoms with E-state index < -0.39 is 0 Å². The normalized spacial score (nSPS) is 18.1. The first kappa shape index (κ1) is 23.4. The second kappa shape index (κ2) is 13.4. The zero-order valence-electron chi connectivity index (χ0n) is 17.6. The van der Waals surface area contributed by atoms with Gasteiger partial charge in [0.25, 0.3) is 0 Å². The lowest BCUT2D eigenvalue weighted by Crippen LogP contribution is -2.38. The Morgan fingerprint density at radius 2 is 1.75 bits per heavy atom. The number of halogens is 1. The average molecular weight is 502 g/mol. The highest BCUT2D eigenvalue weighted by Crippen LogP contribution is 2.26. The lowest BCUT2D eigenvalue weighted by atomic mass is 9.86. The third-order valence-corrected chi connectivity index (χ3v) is 6.09. The molecule has 0 bridgehead atoms. The van der Waals surface area contributed by atoms with Crippen LogP contribution in [-0.4, -0.2) is 40.9 Å². The molecule has 1 aliphatic carbocycles. The van der Waals surface area contributed by atoms with E-state index in [0.29, 0.717) is 0 Å². The van der Waals surface area contributed by atoms with E-state index >= 15 is 0 Å². The molecule has 7 heteroatoms. The highest BCUT2D eigenvalue weighted by molar-refractivity contribution is 14.0. The van der Waals surface area contributed by atoms with E-state index in [4.69, 9.17) is 0 Å². The quantitative estimate of drug-likeness (QED) is 0.243. The Hall–Kier alpha value is -0.860. The number of hydrogen-bond donors (Lipinski definition) is 2. The summed E-state index contributed by atoms with van der Waals surface area (Å²) in [4.78, 5) is 4.35. The molecule has 0 spiro atoms. The highest BCUT2D eigenvalue weighted by atomic mass is 127. The fraction of sp³-hybridized carbons (Fsp3) is 0.857. The minimum absolute atomic E-state index is 0. The molecule has 0 radical (unpaired) electrons. The third-order valence-electron chi connectivity index (χ3n) is 6.09. The van der Waals surface area contributed by atoms with E-state index in [1.54, 1.807) is 0 Å². The van der Waals surface area contributed by atoms with Crippen LogP contribution in [0.1, 0.15) is 82.3 Å². The van der Waals surface area contributed by atoms with Crippen molar-refractivity contribution in [3.63, 3.8) is 0 Å². The SMILES string of the molecule is CN=C(NCCCc1nnc2n1CCCCC2)NCCCC1CCCCC1.I. The van der Waals surface area contributed by atoms with Crippen LogP contribution in [0.2, 0.25) is 0 Å². The van der Waals surface area contributed by atoms with Crippen molar-refractivity contribution in [3.8, 4) is 0 Å². The number of hydrogen-bond acceptors (Lipinski definition) is 3. The van der Waals surface area contributed by atoms with Crippen molar-refractivity contribution in [1.82, 2.24) is 25.4 Å². The van der Waals surface area contributed by atoms with Gasteiger partial charge in [-0.05, 0) is 38.0 Å². The number of rotatable bonds is 8. The first-order valence-corrected chi connectivity index (χ1v) is 11.2. The van der Waals surface area contributed by atoms with E-state index in [0.717, 1.165) is 56.6 Å². The third kappa shape index (κ3) is 7.52. The van der Waals surface area contributed by atoms with Crippen LogP contribution in [0.25, 0.3) is 0 Å². The molecule has 2 N–H and O–H groups in total. The summed E-state index contributed by atoms with van der Waals surface area (Å²) in [5.41, 5.74) is 0. The summed E-state index contributed by atoms with van der Waals surface area (Å²) in [6, 6.07) is 0. The molecular weight excluding hydrogens is 463 g/mol. The summed E-state index contributed by atoms with van der Waals surface area (Å²) in [6.07, 6.45) is 16.8. The summed E-state index contributed by atoms with van der Waals surface area (Å²) >= 11 is 0. The molecule has 0 aromatic carbocycles. The van der Waals surface area contributed by atoms with Crippen LogP contribution in [0.5, 0.6) is 0 Å². The minimum atomic E-state index is 0. The molecule has 28 heavy (non-hydrogen) atoms. The second-order valence-electron chi connectivity index (χ2n) is 8.17. The van der Waals surface area contributed by atoms with Crippen LogP contribution in [0, 0.1) is 5.92 Å². The highest BCUT2D eigenvalue weighted by Gasteiger charge is 2.14. The molecule has 1 saturated carbocycles. The molecule has 1 fully saturated rings. The standard InChI is InChI=1S/C21H38N6.HI/c1-22-21(23-15-8-12-18-10-4-2-5-11-18)24-16-9-14-20-26-25-19-13-6-3-7-17-27(19)20;/h18H,2-17H2,1H3,(H2,22,23,24);1H. The smallest absolute Gasteiger partial charge is 0.190 e. The molecule has 0 amide bonds. The van der Waals surface area contributed by atoms with Crippen molar-refractivity contribution in [3.05, 3.63) is 11.6 Å². The first-order valence-electron chi connectivity index (χ1n) is 11.2. The van der Waals surface area contributed by atoms with Gasteiger partial charge in [0, 0.05) is 39.5 Å². The number of aliphatic imine (C=N–C) groups is 1. The van der Waals surface area contributed by atoms with Gasteiger partial charge in [-0.1, -0.05) is 38.5 Å². The van der Waals surface area contributed by atoms with Crippen LogP contribution >= 0.6 is 24.0 Å². The van der Waals surface area contributed by atoms with Gasteiger partial charge in [-0.25, -0.2) is 0 Å². The van der Waals surface area contributed by atoms with Crippen molar-refractivity contribution in [2.75, 3.05) is 20.1 Å². The van der Waals surface area contributed by atoms with E-state index in [9.17, 15) is 0 Å². The summed E-state index contributed by atoms with van der Waals surface area (Å²) in [6.45, 7) is 3.04. The molecule has 160 valence electrons. The van der Waals surface area contributed by atoms with E-state index in [2.05, 4.69) is 30.4 Å². The fourth-order valence-electron chi connectivity index (χ4n) is 4.48. The maximum absolute atomic E-state index is 4.42. The molecule has 1 aromatic heterocycles. The second-order valence-corrected chi connectivity index (χ2v) is 8.17. The Bertz CT molecular complexity index is 579. The number of nitrogens with one attached hydrogen (secondary N) is 2. The van der Waals surface area contributed by atoms with Gasteiger partial charge in [-0.3, -0.25) is 4.99 Å². The lowest BCUT2D eigenvalue weighted by molar-refractivity contribution is 0.332. The fourth-order valence-corrected chi connectivity index (χ4v) is 4.48. The van der Waals surface area contributed by atoms with Crippen LogP contribution < -0.4 is 10.6 Å². The molecule has 0 unspecified atom stereocenters. The Morgan fingerprint density at radius 3 is 2.54 bits per heavy atom. The topological polar surface area (TPSA) is 67.1 Å². The Balaban J connectivity index is 0.00000280. The molecule has 1 aliphatic heterocycles. The monoisotopic (exact) mass is 502 g/mol. The van der Waals surface area contributed by atoms with Gasteiger partial charge >= 0.3 is 0 Å². The Morgan fingerprint density at radius 1 is 1.00 bits per heavy atom. The summed E-state index contributed by atoms with van der Waals surface area (Å²) in [7, 11) is 1.86. The summed E-state index contributed by atoms with van der Waals surface area (Å²) in [5, 5.41) is 15.7. The number of aryl methyl sites for hydroxylation is 2. The van der Waals surface area contributed by atoms with Gasteiger partial charge in [0.05, 0.1) is 0 Å². The largest absolute Gasteiger partial charge is 0.356 e. The average Bonchev–Trinajstić information content (AvgIpc) is 2.93. The number of nitrogens with zero attached hydrogens (tertiary/aromatic N) is 4. The molecule has 2 aliphatic rings. The number of guanidine groups is 1. The molecule has 0 saturated heterocycles. The van der Waals surface area contributed by atoms with Gasteiger partial charge in [0.1, 0.15) is 11.6 Å². The van der Waals surface area contributed by atoms with E-state index in [-0.39, 0.29) is 24.0 Å². The zero-order valence-corrected chi connectivity index (χ0v) is 19.9.